The number of hydrogen-bond donors (Lipinski definition) is 2. The van der Waals surface area contributed by atoms with Gasteiger partial charge in [-0.05, 0) is 30.3 Å². The second-order valence-electron chi connectivity index (χ2n) is 5.49. The molecule has 2 heterocycles. The van der Waals surface area contributed by atoms with Gasteiger partial charge in [-0.25, -0.2) is 14.4 Å². The molecule has 0 amide bonds. The van der Waals surface area contributed by atoms with Crippen LogP contribution in [0.5, 0.6) is 5.75 Å². The first-order chi connectivity index (χ1) is 12.0. The Morgan fingerprint density at radius 1 is 1.12 bits per heavy atom. The van der Waals surface area contributed by atoms with E-state index >= 15 is 0 Å². The summed E-state index contributed by atoms with van der Waals surface area (Å²) in [5, 5.41) is 9.90. The summed E-state index contributed by atoms with van der Waals surface area (Å²) in [6.45, 7) is 0. The summed E-state index contributed by atoms with van der Waals surface area (Å²) in [6, 6.07) is 10.9. The first-order valence-electron chi connectivity index (χ1n) is 7.42. The molecule has 2 aromatic carbocycles. The molecule has 0 fully saturated rings. The average molecular weight is 355 g/mol. The Labute approximate surface area is 147 Å². The highest BCUT2D eigenvalue weighted by Gasteiger charge is 2.18. The highest BCUT2D eigenvalue weighted by molar-refractivity contribution is 6.32. The summed E-state index contributed by atoms with van der Waals surface area (Å²) in [4.78, 5) is 8.65. The number of nitrogen functional groups attached to an aromatic ring is 1. The lowest BCUT2D eigenvalue weighted by atomic mass is 10.0. The van der Waals surface area contributed by atoms with Crippen LogP contribution in [0.15, 0.2) is 54.9 Å². The summed E-state index contributed by atoms with van der Waals surface area (Å²) in [5.74, 6) is -0.167. The van der Waals surface area contributed by atoms with E-state index in [2.05, 4.69) is 9.97 Å². The molecule has 0 unspecified atom stereocenters. The number of hydrogen-bond acceptors (Lipinski definition) is 4. The summed E-state index contributed by atoms with van der Waals surface area (Å²) in [5.41, 5.74) is 8.91. The van der Waals surface area contributed by atoms with Crippen molar-refractivity contribution in [3.05, 3.63) is 65.7 Å². The number of anilines is 1. The van der Waals surface area contributed by atoms with Gasteiger partial charge in [-0.2, -0.15) is 0 Å². The Hall–Kier alpha value is -3.12. The van der Waals surface area contributed by atoms with E-state index in [9.17, 15) is 9.50 Å². The van der Waals surface area contributed by atoms with Crippen LogP contribution in [-0.2, 0) is 0 Å². The third-order valence-corrected chi connectivity index (χ3v) is 4.19. The van der Waals surface area contributed by atoms with Crippen LogP contribution in [0, 0.1) is 5.82 Å². The highest BCUT2D eigenvalue weighted by atomic mass is 35.5. The fourth-order valence-corrected chi connectivity index (χ4v) is 2.96. The summed E-state index contributed by atoms with van der Waals surface area (Å²) in [7, 11) is 0. The van der Waals surface area contributed by atoms with Crippen LogP contribution in [0.2, 0.25) is 5.02 Å². The molecule has 4 rings (SSSR count). The number of aromatic nitrogens is 3. The van der Waals surface area contributed by atoms with E-state index in [1.165, 1.54) is 18.2 Å². The Morgan fingerprint density at radius 3 is 2.72 bits per heavy atom. The molecule has 0 aliphatic rings. The average Bonchev–Trinajstić information content (AvgIpc) is 3.07. The molecule has 124 valence electrons. The lowest BCUT2D eigenvalue weighted by molar-refractivity contribution is 0.475. The number of halogens is 2. The molecule has 4 aromatic rings. The van der Waals surface area contributed by atoms with Crippen molar-refractivity contribution in [1.29, 1.82) is 0 Å². The Kier molecular flexibility index (Phi) is 3.54. The molecule has 2 aromatic heterocycles. The molecule has 0 saturated carbocycles. The van der Waals surface area contributed by atoms with Gasteiger partial charge in [-0.15, -0.1) is 0 Å². The number of imidazole rings is 1. The fraction of sp³-hybridized carbons (Fsp3) is 0. The molecule has 0 radical (unpaired) electrons. The number of benzene rings is 2. The predicted octanol–water partition coefficient (Wildman–Crippen LogP) is 4.14. The van der Waals surface area contributed by atoms with Gasteiger partial charge in [0, 0.05) is 23.5 Å². The number of rotatable bonds is 2. The molecular formula is C18H12ClFN4O. The molecule has 0 aliphatic heterocycles. The van der Waals surface area contributed by atoms with Crippen LogP contribution in [0.4, 0.5) is 10.2 Å². The minimum Gasteiger partial charge on any atom is -0.506 e. The van der Waals surface area contributed by atoms with Gasteiger partial charge in [-0.1, -0.05) is 23.7 Å². The van der Waals surface area contributed by atoms with Crippen molar-refractivity contribution in [2.24, 2.45) is 0 Å². The Balaban J connectivity index is 2.10. The van der Waals surface area contributed by atoms with Crippen molar-refractivity contribution in [3.8, 4) is 28.3 Å². The topological polar surface area (TPSA) is 76.4 Å². The van der Waals surface area contributed by atoms with Crippen molar-refractivity contribution in [3.63, 3.8) is 0 Å². The molecule has 0 saturated heterocycles. The largest absolute Gasteiger partial charge is 0.506 e. The highest BCUT2D eigenvalue weighted by Crippen LogP contribution is 2.36. The lowest BCUT2D eigenvalue weighted by Crippen LogP contribution is -2.03. The van der Waals surface area contributed by atoms with Gasteiger partial charge in [0.15, 0.2) is 11.5 Å². The van der Waals surface area contributed by atoms with E-state index in [0.29, 0.717) is 28.2 Å². The van der Waals surface area contributed by atoms with Gasteiger partial charge in [0.25, 0.3) is 0 Å². The monoisotopic (exact) mass is 354 g/mol. The first kappa shape index (κ1) is 15.4. The SMILES string of the molecule is Nc1nc(-c2cccc(F)c2)c(-c2ccc(O)c(Cl)c2)n2ccnc12. The molecule has 5 nitrogen and oxygen atoms in total. The van der Waals surface area contributed by atoms with Crippen LogP contribution < -0.4 is 5.73 Å². The zero-order valence-electron chi connectivity index (χ0n) is 12.8. The van der Waals surface area contributed by atoms with Gasteiger partial charge >= 0.3 is 0 Å². The zero-order valence-corrected chi connectivity index (χ0v) is 13.6. The molecule has 0 bridgehead atoms. The third kappa shape index (κ3) is 2.56. The molecular weight excluding hydrogens is 343 g/mol. The number of nitrogens with two attached hydrogens (primary N) is 1. The Morgan fingerprint density at radius 2 is 1.96 bits per heavy atom. The van der Waals surface area contributed by atoms with Crippen LogP contribution in [0.3, 0.4) is 0 Å². The normalized spacial score (nSPS) is 11.1. The quantitative estimate of drug-likeness (QED) is 0.567. The van der Waals surface area contributed by atoms with E-state index in [1.807, 2.05) is 0 Å². The van der Waals surface area contributed by atoms with E-state index < -0.39 is 0 Å². The van der Waals surface area contributed by atoms with Crippen LogP contribution in [-0.4, -0.2) is 19.5 Å². The molecule has 0 spiro atoms. The van der Waals surface area contributed by atoms with Gasteiger partial charge in [-0.3, -0.25) is 4.40 Å². The van der Waals surface area contributed by atoms with Gasteiger partial charge < -0.3 is 10.8 Å². The van der Waals surface area contributed by atoms with Crippen molar-refractivity contribution in [2.75, 3.05) is 5.73 Å². The minimum absolute atomic E-state index is 0.0250. The van der Waals surface area contributed by atoms with Gasteiger partial charge in [0.05, 0.1) is 16.4 Å². The molecule has 0 atom stereocenters. The summed E-state index contributed by atoms with van der Waals surface area (Å²) in [6.07, 6.45) is 3.35. The van der Waals surface area contributed by atoms with Gasteiger partial charge in [0.2, 0.25) is 0 Å². The van der Waals surface area contributed by atoms with Crippen molar-refractivity contribution < 1.29 is 9.50 Å². The van der Waals surface area contributed by atoms with E-state index in [4.69, 9.17) is 17.3 Å². The third-order valence-electron chi connectivity index (χ3n) is 3.89. The number of nitrogens with zero attached hydrogens (tertiary/aromatic N) is 3. The smallest absolute Gasteiger partial charge is 0.180 e. The van der Waals surface area contributed by atoms with Crippen molar-refractivity contribution in [1.82, 2.24) is 14.4 Å². The summed E-state index contributed by atoms with van der Waals surface area (Å²) < 4.78 is 15.5. The van der Waals surface area contributed by atoms with E-state index in [-0.39, 0.29) is 22.4 Å². The maximum absolute atomic E-state index is 13.7. The van der Waals surface area contributed by atoms with Crippen LogP contribution in [0.25, 0.3) is 28.2 Å². The maximum Gasteiger partial charge on any atom is 0.180 e. The van der Waals surface area contributed by atoms with Crippen molar-refractivity contribution >= 4 is 23.1 Å². The van der Waals surface area contributed by atoms with E-state index in [0.717, 1.165) is 0 Å². The lowest BCUT2D eigenvalue weighted by Gasteiger charge is -2.14. The standard InChI is InChI=1S/C18H12ClFN4O/c19-13-9-11(4-5-14(13)25)16-15(10-2-1-3-12(20)8-10)23-17(21)18-22-6-7-24(16)18/h1-9,25H,(H2,21,23). The number of fused-ring (bicyclic) bond motifs is 1. The minimum atomic E-state index is -0.377. The zero-order chi connectivity index (χ0) is 17.6. The molecule has 3 N–H and O–H groups in total. The summed E-state index contributed by atoms with van der Waals surface area (Å²) >= 11 is 6.06. The number of aromatic hydroxyl groups is 1. The molecule has 7 heteroatoms. The van der Waals surface area contributed by atoms with Crippen LogP contribution in [0.1, 0.15) is 0 Å². The van der Waals surface area contributed by atoms with Crippen molar-refractivity contribution in [2.45, 2.75) is 0 Å². The number of phenolic OH excluding ortho intramolecular Hbond substituents is 1. The fourth-order valence-electron chi connectivity index (χ4n) is 2.78. The second-order valence-corrected chi connectivity index (χ2v) is 5.90. The second kappa shape index (κ2) is 5.75. The molecule has 25 heavy (non-hydrogen) atoms. The van der Waals surface area contributed by atoms with Crippen LogP contribution >= 0.6 is 11.6 Å². The van der Waals surface area contributed by atoms with Gasteiger partial charge in [0.1, 0.15) is 11.6 Å². The predicted molar refractivity (Wildman–Crippen MR) is 94.9 cm³/mol. The molecule has 0 aliphatic carbocycles. The number of phenols is 1. The Bertz CT molecular complexity index is 1110. The van der Waals surface area contributed by atoms with E-state index in [1.54, 1.807) is 41.1 Å². The first-order valence-corrected chi connectivity index (χ1v) is 7.80. The maximum atomic E-state index is 13.7.